The maximum Gasteiger partial charge on any atom is 0.382 e. The first kappa shape index (κ1) is 18.3. The Morgan fingerprint density at radius 3 is 2.12 bits per heavy atom. The molecule has 2 rings (SSSR count). The summed E-state index contributed by atoms with van der Waals surface area (Å²) in [6, 6.07) is 15.5. The topological polar surface area (TPSA) is 86.5 Å². The fourth-order valence-corrected chi connectivity index (χ4v) is 2.68. The van der Waals surface area contributed by atoms with E-state index in [2.05, 4.69) is 0 Å². The fraction of sp³-hybridized carbons (Fsp3) is 0.263. The standard InChI is InChI=1S/C19H19NO5/c1-2-25-19(22)18(20(23)24)16(14-9-5-3-6-10-14)13-17(21)15-11-7-4-8-12-15/h3-12,16,18H,2,13H2,1H3/t16-,18+/m0/s1. The number of hydrogen-bond donors (Lipinski definition) is 0. The summed E-state index contributed by atoms with van der Waals surface area (Å²) in [6.45, 7) is 1.62. The van der Waals surface area contributed by atoms with Gasteiger partial charge < -0.3 is 4.74 Å². The van der Waals surface area contributed by atoms with Gasteiger partial charge in [0.1, 0.15) is 0 Å². The average Bonchev–Trinajstić information content (AvgIpc) is 2.62. The molecular weight excluding hydrogens is 322 g/mol. The molecule has 6 nitrogen and oxygen atoms in total. The van der Waals surface area contributed by atoms with Crippen molar-refractivity contribution < 1.29 is 19.2 Å². The summed E-state index contributed by atoms with van der Waals surface area (Å²) in [4.78, 5) is 35.6. The molecule has 0 amide bonds. The lowest BCUT2D eigenvalue weighted by Crippen LogP contribution is -2.38. The van der Waals surface area contributed by atoms with E-state index in [1.165, 1.54) is 0 Å². The molecule has 0 aliphatic rings. The summed E-state index contributed by atoms with van der Waals surface area (Å²) in [5.41, 5.74) is 1.01. The summed E-state index contributed by atoms with van der Waals surface area (Å²) >= 11 is 0. The summed E-state index contributed by atoms with van der Waals surface area (Å²) in [5.74, 6) is -2.09. The Labute approximate surface area is 145 Å². The molecule has 2 aromatic carbocycles. The minimum absolute atomic E-state index is 0.0390. The van der Waals surface area contributed by atoms with Gasteiger partial charge in [0.15, 0.2) is 5.78 Å². The van der Waals surface area contributed by atoms with Gasteiger partial charge in [-0.05, 0) is 12.5 Å². The normalized spacial score (nSPS) is 12.8. The second-order valence-corrected chi connectivity index (χ2v) is 5.49. The van der Waals surface area contributed by atoms with E-state index in [1.807, 2.05) is 0 Å². The molecule has 0 saturated heterocycles. The molecule has 0 aromatic heterocycles. The van der Waals surface area contributed by atoms with E-state index in [0.717, 1.165) is 0 Å². The van der Waals surface area contributed by atoms with Crippen LogP contribution in [0.25, 0.3) is 0 Å². The third-order valence-corrected chi connectivity index (χ3v) is 3.87. The average molecular weight is 341 g/mol. The number of ether oxygens (including phenoxy) is 1. The van der Waals surface area contributed by atoms with Crippen LogP contribution < -0.4 is 0 Å². The minimum Gasteiger partial charge on any atom is -0.461 e. The Balaban J connectivity index is 2.37. The minimum atomic E-state index is -1.63. The van der Waals surface area contributed by atoms with Gasteiger partial charge in [0.2, 0.25) is 0 Å². The van der Waals surface area contributed by atoms with Crippen molar-refractivity contribution in [3.63, 3.8) is 0 Å². The molecule has 0 saturated carbocycles. The molecule has 0 N–H and O–H groups in total. The van der Waals surface area contributed by atoms with Crippen LogP contribution in [-0.2, 0) is 9.53 Å². The van der Waals surface area contributed by atoms with E-state index < -0.39 is 22.9 Å². The van der Waals surface area contributed by atoms with Gasteiger partial charge in [0.05, 0.1) is 12.5 Å². The highest BCUT2D eigenvalue weighted by molar-refractivity contribution is 5.97. The number of benzene rings is 2. The predicted octanol–water partition coefficient (Wildman–Crippen LogP) is 3.25. The largest absolute Gasteiger partial charge is 0.461 e. The van der Waals surface area contributed by atoms with Crippen LogP contribution >= 0.6 is 0 Å². The van der Waals surface area contributed by atoms with Gasteiger partial charge in [-0.15, -0.1) is 0 Å². The highest BCUT2D eigenvalue weighted by Gasteiger charge is 2.42. The van der Waals surface area contributed by atoms with Gasteiger partial charge in [0.25, 0.3) is 0 Å². The molecule has 0 aliphatic carbocycles. The van der Waals surface area contributed by atoms with Crippen LogP contribution in [0.2, 0.25) is 0 Å². The van der Waals surface area contributed by atoms with Crippen molar-refractivity contribution in [1.29, 1.82) is 0 Å². The maximum atomic E-state index is 12.6. The van der Waals surface area contributed by atoms with Gasteiger partial charge in [-0.2, -0.15) is 0 Å². The van der Waals surface area contributed by atoms with E-state index in [4.69, 9.17) is 4.74 Å². The van der Waals surface area contributed by atoms with Gasteiger partial charge in [-0.1, -0.05) is 60.7 Å². The lowest BCUT2D eigenvalue weighted by Gasteiger charge is -2.19. The molecule has 0 unspecified atom stereocenters. The number of rotatable bonds is 8. The van der Waals surface area contributed by atoms with Crippen molar-refractivity contribution in [1.82, 2.24) is 0 Å². The second kappa shape index (κ2) is 8.73. The first-order chi connectivity index (χ1) is 12.0. The van der Waals surface area contributed by atoms with Gasteiger partial charge in [-0.3, -0.25) is 14.9 Å². The monoisotopic (exact) mass is 341 g/mol. The van der Waals surface area contributed by atoms with Crippen LogP contribution in [0.3, 0.4) is 0 Å². The third kappa shape index (κ3) is 4.73. The lowest BCUT2D eigenvalue weighted by atomic mass is 9.86. The molecule has 130 valence electrons. The summed E-state index contributed by atoms with van der Waals surface area (Å²) in [7, 11) is 0. The Morgan fingerprint density at radius 2 is 1.60 bits per heavy atom. The number of nitrogens with zero attached hydrogens (tertiary/aromatic N) is 1. The lowest BCUT2D eigenvalue weighted by molar-refractivity contribution is -0.514. The van der Waals surface area contributed by atoms with E-state index >= 15 is 0 Å². The highest BCUT2D eigenvalue weighted by atomic mass is 16.6. The zero-order valence-corrected chi connectivity index (χ0v) is 13.8. The van der Waals surface area contributed by atoms with Gasteiger partial charge in [-0.25, -0.2) is 4.79 Å². The second-order valence-electron chi connectivity index (χ2n) is 5.49. The van der Waals surface area contributed by atoms with Gasteiger partial charge >= 0.3 is 12.0 Å². The van der Waals surface area contributed by atoms with Crippen molar-refractivity contribution in [3.05, 3.63) is 81.9 Å². The molecule has 25 heavy (non-hydrogen) atoms. The highest BCUT2D eigenvalue weighted by Crippen LogP contribution is 2.28. The van der Waals surface area contributed by atoms with Crippen LogP contribution in [-0.4, -0.2) is 29.3 Å². The molecule has 6 heteroatoms. The SMILES string of the molecule is CCOC(=O)[C@@H]([C@@H](CC(=O)c1ccccc1)c1ccccc1)[N+](=O)[O-]. The van der Waals surface area contributed by atoms with Crippen molar-refractivity contribution >= 4 is 11.8 Å². The predicted molar refractivity (Wildman–Crippen MR) is 92.0 cm³/mol. The van der Waals surface area contributed by atoms with Crippen LogP contribution in [0.1, 0.15) is 35.2 Å². The smallest absolute Gasteiger partial charge is 0.382 e. The summed E-state index contributed by atoms with van der Waals surface area (Å²) in [6.07, 6.45) is -0.154. The van der Waals surface area contributed by atoms with E-state index in [0.29, 0.717) is 11.1 Å². The first-order valence-corrected chi connectivity index (χ1v) is 7.98. The number of carbonyl (C=O) groups is 2. The Kier molecular flexibility index (Phi) is 6.39. The molecule has 0 aliphatic heterocycles. The maximum absolute atomic E-state index is 12.6. The number of esters is 1. The van der Waals surface area contributed by atoms with E-state index in [1.54, 1.807) is 67.6 Å². The number of hydrogen-bond acceptors (Lipinski definition) is 5. The Hall–Kier alpha value is -3.02. The van der Waals surface area contributed by atoms with Crippen molar-refractivity contribution in [3.8, 4) is 0 Å². The molecular formula is C19H19NO5. The first-order valence-electron chi connectivity index (χ1n) is 7.98. The Bertz CT molecular complexity index is 730. The molecule has 0 heterocycles. The number of carbonyl (C=O) groups excluding carboxylic acids is 2. The molecule has 0 fully saturated rings. The quantitative estimate of drug-likeness (QED) is 0.318. The van der Waals surface area contributed by atoms with E-state index in [9.17, 15) is 19.7 Å². The number of nitro groups is 1. The molecule has 0 bridgehead atoms. The van der Waals surface area contributed by atoms with Crippen molar-refractivity contribution in [2.24, 2.45) is 0 Å². The molecule has 2 aromatic rings. The van der Waals surface area contributed by atoms with Crippen molar-refractivity contribution in [2.75, 3.05) is 6.61 Å². The summed E-state index contributed by atoms with van der Waals surface area (Å²) < 4.78 is 4.86. The number of ketones is 1. The van der Waals surface area contributed by atoms with Crippen molar-refractivity contribution in [2.45, 2.75) is 25.3 Å². The molecule has 0 spiro atoms. The molecule has 0 radical (unpaired) electrons. The fourth-order valence-electron chi connectivity index (χ4n) is 2.68. The van der Waals surface area contributed by atoms with Crippen LogP contribution in [0, 0.1) is 10.1 Å². The van der Waals surface area contributed by atoms with Crippen LogP contribution in [0.15, 0.2) is 60.7 Å². The van der Waals surface area contributed by atoms with Gasteiger partial charge in [0, 0.05) is 16.9 Å². The zero-order chi connectivity index (χ0) is 18.2. The van der Waals surface area contributed by atoms with E-state index in [-0.39, 0.29) is 18.8 Å². The summed E-state index contributed by atoms with van der Waals surface area (Å²) in [5, 5.41) is 11.5. The molecule has 2 atom stereocenters. The van der Waals surface area contributed by atoms with Crippen LogP contribution in [0.4, 0.5) is 0 Å². The van der Waals surface area contributed by atoms with Crippen LogP contribution in [0.5, 0.6) is 0 Å². The number of Topliss-reactive ketones (excluding diaryl/α,β-unsaturated/α-hetero) is 1. The zero-order valence-electron chi connectivity index (χ0n) is 13.8. The Morgan fingerprint density at radius 1 is 1.04 bits per heavy atom. The third-order valence-electron chi connectivity index (χ3n) is 3.87.